The monoisotopic (exact) mass is 172 g/mol. The Balaban J connectivity index is 4.23. The minimum absolute atomic E-state index is 0.115. The minimum Gasteiger partial charge on any atom is -0.468 e. The lowest BCUT2D eigenvalue weighted by Crippen LogP contribution is -2.24. The van der Waals surface area contributed by atoms with Crippen molar-refractivity contribution in [3.8, 4) is 0 Å². The van der Waals surface area contributed by atoms with E-state index in [-0.39, 0.29) is 5.78 Å². The molecule has 0 heterocycles. The Morgan fingerprint density at radius 2 is 1.83 bits per heavy atom. The molecule has 0 aliphatic heterocycles. The molecule has 0 spiro atoms. The second kappa shape index (κ2) is 4.91. The predicted molar refractivity (Wildman–Crippen MR) is 45.6 cm³/mol. The summed E-state index contributed by atoms with van der Waals surface area (Å²) in [7, 11) is 1.30. The van der Waals surface area contributed by atoms with Gasteiger partial charge in [0.1, 0.15) is 11.7 Å². The molecule has 3 heteroatoms. The second-order valence-electron chi connectivity index (χ2n) is 3.32. The van der Waals surface area contributed by atoms with Gasteiger partial charge in [-0.2, -0.15) is 0 Å². The molecular formula is C9H16O3. The average molecular weight is 172 g/mol. The lowest BCUT2D eigenvalue weighted by atomic mass is 9.94. The summed E-state index contributed by atoms with van der Waals surface area (Å²) in [6, 6.07) is 0. The molecule has 0 aromatic heterocycles. The fourth-order valence-electron chi connectivity index (χ4n) is 1.04. The Morgan fingerprint density at radius 3 is 2.08 bits per heavy atom. The molecule has 0 aliphatic rings. The number of ether oxygens (including phenoxy) is 1. The standard InChI is InChI=1S/C9H16O3/c1-6(2)5-8(7(3)10)9(11)12-4/h6,8H,5H2,1-4H3/t8-/m0/s1. The number of carbonyl (C=O) groups excluding carboxylic acids is 2. The van der Waals surface area contributed by atoms with Crippen LogP contribution in [0, 0.1) is 11.8 Å². The van der Waals surface area contributed by atoms with Gasteiger partial charge >= 0.3 is 5.97 Å². The molecule has 3 nitrogen and oxygen atoms in total. The molecule has 0 saturated carbocycles. The highest BCUT2D eigenvalue weighted by molar-refractivity contribution is 5.97. The van der Waals surface area contributed by atoms with Gasteiger partial charge in [0.05, 0.1) is 7.11 Å². The van der Waals surface area contributed by atoms with Gasteiger partial charge in [0.15, 0.2) is 0 Å². The number of esters is 1. The quantitative estimate of drug-likeness (QED) is 0.475. The SMILES string of the molecule is COC(=O)[C@@H](CC(C)C)C(C)=O. The van der Waals surface area contributed by atoms with E-state index in [2.05, 4.69) is 4.74 Å². The van der Waals surface area contributed by atoms with Gasteiger partial charge in [0.25, 0.3) is 0 Å². The van der Waals surface area contributed by atoms with E-state index in [1.54, 1.807) is 0 Å². The van der Waals surface area contributed by atoms with Crippen LogP contribution in [0.1, 0.15) is 27.2 Å². The highest BCUT2D eigenvalue weighted by atomic mass is 16.5. The van der Waals surface area contributed by atoms with Crippen LogP contribution in [-0.4, -0.2) is 18.9 Å². The highest BCUT2D eigenvalue weighted by Crippen LogP contribution is 2.13. The van der Waals surface area contributed by atoms with Crippen LogP contribution in [0.15, 0.2) is 0 Å². The van der Waals surface area contributed by atoms with Crippen molar-refractivity contribution in [1.29, 1.82) is 0 Å². The van der Waals surface area contributed by atoms with Gasteiger partial charge < -0.3 is 4.74 Å². The van der Waals surface area contributed by atoms with Crippen molar-refractivity contribution in [2.45, 2.75) is 27.2 Å². The average Bonchev–Trinajstić information content (AvgIpc) is 1.98. The smallest absolute Gasteiger partial charge is 0.316 e. The van der Waals surface area contributed by atoms with E-state index in [1.807, 2.05) is 13.8 Å². The first-order valence-corrected chi connectivity index (χ1v) is 4.07. The maximum Gasteiger partial charge on any atom is 0.316 e. The van der Waals surface area contributed by atoms with Crippen LogP contribution in [0.3, 0.4) is 0 Å². The molecule has 0 saturated heterocycles. The molecule has 0 aliphatic carbocycles. The van der Waals surface area contributed by atoms with Gasteiger partial charge in [-0.25, -0.2) is 0 Å². The minimum atomic E-state index is -0.574. The van der Waals surface area contributed by atoms with Crippen molar-refractivity contribution in [2.24, 2.45) is 11.8 Å². The maximum atomic E-state index is 11.0. The summed E-state index contributed by atoms with van der Waals surface area (Å²) in [5, 5.41) is 0. The number of methoxy groups -OCH3 is 1. The number of Topliss-reactive ketones (excluding diaryl/α,β-unsaturated/α-hetero) is 1. The first kappa shape index (κ1) is 11.1. The molecule has 0 amide bonds. The third kappa shape index (κ3) is 3.51. The van der Waals surface area contributed by atoms with E-state index in [4.69, 9.17) is 0 Å². The molecule has 1 atom stereocenters. The van der Waals surface area contributed by atoms with Crippen LogP contribution in [0.4, 0.5) is 0 Å². The zero-order valence-corrected chi connectivity index (χ0v) is 8.09. The summed E-state index contributed by atoms with van der Waals surface area (Å²) < 4.78 is 4.51. The summed E-state index contributed by atoms with van der Waals surface area (Å²) in [5.41, 5.74) is 0. The van der Waals surface area contributed by atoms with E-state index in [9.17, 15) is 9.59 Å². The molecule has 0 rings (SSSR count). The van der Waals surface area contributed by atoms with Gasteiger partial charge in [-0.1, -0.05) is 13.8 Å². The van der Waals surface area contributed by atoms with E-state index in [0.29, 0.717) is 12.3 Å². The molecule has 0 bridgehead atoms. The van der Waals surface area contributed by atoms with Crippen LogP contribution >= 0.6 is 0 Å². The number of hydrogen-bond donors (Lipinski definition) is 0. The van der Waals surface area contributed by atoms with Crippen LogP contribution in [0.25, 0.3) is 0 Å². The Labute approximate surface area is 73.1 Å². The molecule has 12 heavy (non-hydrogen) atoms. The Morgan fingerprint density at radius 1 is 1.33 bits per heavy atom. The van der Waals surface area contributed by atoms with Crippen LogP contribution < -0.4 is 0 Å². The number of hydrogen-bond acceptors (Lipinski definition) is 3. The summed E-state index contributed by atoms with van der Waals surface area (Å²) in [6.45, 7) is 5.36. The third-order valence-electron chi connectivity index (χ3n) is 1.68. The zero-order valence-electron chi connectivity index (χ0n) is 8.09. The molecule has 70 valence electrons. The van der Waals surface area contributed by atoms with Gasteiger partial charge in [-0.3, -0.25) is 9.59 Å². The number of rotatable bonds is 4. The largest absolute Gasteiger partial charge is 0.468 e. The van der Waals surface area contributed by atoms with Gasteiger partial charge in [0, 0.05) is 0 Å². The molecular weight excluding hydrogens is 156 g/mol. The molecule has 0 fully saturated rings. The van der Waals surface area contributed by atoms with Gasteiger partial charge in [-0.15, -0.1) is 0 Å². The zero-order chi connectivity index (χ0) is 9.72. The summed E-state index contributed by atoms with van der Waals surface area (Å²) in [4.78, 5) is 22.0. The fraction of sp³-hybridized carbons (Fsp3) is 0.778. The van der Waals surface area contributed by atoms with E-state index < -0.39 is 11.9 Å². The van der Waals surface area contributed by atoms with E-state index in [1.165, 1.54) is 14.0 Å². The summed E-state index contributed by atoms with van der Waals surface area (Å²) in [5.74, 6) is -0.778. The first-order chi connectivity index (χ1) is 5.49. The molecule has 0 aromatic carbocycles. The fourth-order valence-corrected chi connectivity index (χ4v) is 1.04. The maximum absolute atomic E-state index is 11.0. The topological polar surface area (TPSA) is 43.4 Å². The highest BCUT2D eigenvalue weighted by Gasteiger charge is 2.24. The number of ketones is 1. The van der Waals surface area contributed by atoms with Crippen LogP contribution in [0.5, 0.6) is 0 Å². The Hall–Kier alpha value is -0.860. The second-order valence-corrected chi connectivity index (χ2v) is 3.32. The van der Waals surface area contributed by atoms with Crippen molar-refractivity contribution < 1.29 is 14.3 Å². The van der Waals surface area contributed by atoms with Crippen LogP contribution in [-0.2, 0) is 14.3 Å². The van der Waals surface area contributed by atoms with Crippen molar-refractivity contribution in [1.82, 2.24) is 0 Å². The van der Waals surface area contributed by atoms with Crippen molar-refractivity contribution in [3.63, 3.8) is 0 Å². The number of carbonyl (C=O) groups is 2. The predicted octanol–water partition coefficient (Wildman–Crippen LogP) is 1.41. The first-order valence-electron chi connectivity index (χ1n) is 4.07. The van der Waals surface area contributed by atoms with Crippen molar-refractivity contribution in [3.05, 3.63) is 0 Å². The molecule has 0 radical (unpaired) electrons. The molecule has 0 N–H and O–H groups in total. The summed E-state index contributed by atoms with van der Waals surface area (Å²) in [6.07, 6.45) is 0.571. The van der Waals surface area contributed by atoms with Crippen molar-refractivity contribution >= 4 is 11.8 Å². The van der Waals surface area contributed by atoms with E-state index in [0.717, 1.165) is 0 Å². The van der Waals surface area contributed by atoms with Gasteiger partial charge in [-0.05, 0) is 19.3 Å². The normalized spacial score (nSPS) is 12.8. The van der Waals surface area contributed by atoms with Gasteiger partial charge in [0.2, 0.25) is 0 Å². The Kier molecular flexibility index (Phi) is 4.55. The summed E-state index contributed by atoms with van der Waals surface area (Å²) >= 11 is 0. The van der Waals surface area contributed by atoms with E-state index >= 15 is 0 Å². The van der Waals surface area contributed by atoms with Crippen molar-refractivity contribution in [2.75, 3.05) is 7.11 Å². The third-order valence-corrected chi connectivity index (χ3v) is 1.68. The lowest BCUT2D eigenvalue weighted by molar-refractivity contribution is -0.149. The lowest BCUT2D eigenvalue weighted by Gasteiger charge is -2.12. The molecule has 0 unspecified atom stereocenters. The Bertz CT molecular complexity index is 173. The van der Waals surface area contributed by atoms with Crippen LogP contribution in [0.2, 0.25) is 0 Å². The molecule has 0 aromatic rings.